The zero-order valence-corrected chi connectivity index (χ0v) is 10.3. The highest BCUT2D eigenvalue weighted by atomic mass is 79.9. The minimum absolute atomic E-state index is 0.205. The minimum atomic E-state index is -0.973. The second-order valence-corrected chi connectivity index (χ2v) is 5.03. The molecule has 82 valence electrons. The van der Waals surface area contributed by atoms with Gasteiger partial charge in [-0.25, -0.2) is 0 Å². The Kier molecular flexibility index (Phi) is 5.14. The summed E-state index contributed by atoms with van der Waals surface area (Å²) in [4.78, 5) is 11.3. The molecule has 0 aromatic heterocycles. The molecular formula is C10H11BrO3S. The molecule has 0 aliphatic carbocycles. The fourth-order valence-electron chi connectivity index (χ4n) is 0.984. The second kappa shape index (κ2) is 6.15. The molecule has 0 fully saturated rings. The smallest absolute Gasteiger partial charge is 0.306 e. The van der Waals surface area contributed by atoms with Crippen molar-refractivity contribution >= 4 is 33.7 Å². The molecule has 0 saturated carbocycles. The molecule has 0 saturated heterocycles. The van der Waals surface area contributed by atoms with Gasteiger partial charge in [-0.15, -0.1) is 11.8 Å². The maximum atomic E-state index is 10.3. The van der Waals surface area contributed by atoms with Crippen molar-refractivity contribution in [2.24, 2.45) is 0 Å². The summed E-state index contributed by atoms with van der Waals surface area (Å²) in [6.07, 6.45) is -1.00. The Labute approximate surface area is 101 Å². The molecule has 0 amide bonds. The van der Waals surface area contributed by atoms with Gasteiger partial charge in [-0.2, -0.15) is 0 Å². The lowest BCUT2D eigenvalue weighted by molar-refractivity contribution is -0.138. The van der Waals surface area contributed by atoms with E-state index in [0.717, 1.165) is 9.37 Å². The van der Waals surface area contributed by atoms with Crippen molar-refractivity contribution in [3.63, 3.8) is 0 Å². The van der Waals surface area contributed by atoms with E-state index in [1.807, 2.05) is 24.3 Å². The topological polar surface area (TPSA) is 57.5 Å². The Morgan fingerprint density at radius 3 is 2.53 bits per heavy atom. The van der Waals surface area contributed by atoms with Gasteiger partial charge in [-0.05, 0) is 24.3 Å². The van der Waals surface area contributed by atoms with Gasteiger partial charge in [0, 0.05) is 15.1 Å². The van der Waals surface area contributed by atoms with E-state index in [1.165, 1.54) is 11.8 Å². The zero-order chi connectivity index (χ0) is 11.3. The predicted octanol–water partition coefficient (Wildman–Crippen LogP) is 2.38. The van der Waals surface area contributed by atoms with Crippen LogP contribution in [0.2, 0.25) is 0 Å². The molecule has 1 rings (SSSR count). The number of halogens is 1. The molecule has 3 nitrogen and oxygen atoms in total. The molecule has 1 unspecified atom stereocenters. The monoisotopic (exact) mass is 290 g/mol. The van der Waals surface area contributed by atoms with E-state index >= 15 is 0 Å². The molecule has 2 N–H and O–H groups in total. The minimum Gasteiger partial charge on any atom is -0.481 e. The van der Waals surface area contributed by atoms with Crippen molar-refractivity contribution in [3.8, 4) is 0 Å². The van der Waals surface area contributed by atoms with Gasteiger partial charge >= 0.3 is 5.97 Å². The summed E-state index contributed by atoms with van der Waals surface area (Å²) in [7, 11) is 0. The molecule has 1 aromatic carbocycles. The summed E-state index contributed by atoms with van der Waals surface area (Å²) >= 11 is 4.77. The molecule has 15 heavy (non-hydrogen) atoms. The molecule has 0 aliphatic rings. The van der Waals surface area contributed by atoms with Crippen LogP contribution in [-0.4, -0.2) is 28.0 Å². The number of hydrogen-bond donors (Lipinski definition) is 2. The summed E-state index contributed by atoms with van der Waals surface area (Å²) in [5.74, 6) is -0.576. The van der Waals surface area contributed by atoms with E-state index in [2.05, 4.69) is 15.9 Å². The molecule has 1 atom stereocenters. The third-order valence-corrected chi connectivity index (χ3v) is 3.35. The van der Waals surface area contributed by atoms with Crippen LogP contribution in [0.25, 0.3) is 0 Å². The predicted molar refractivity (Wildman–Crippen MR) is 63.1 cm³/mol. The maximum absolute atomic E-state index is 10.3. The summed E-state index contributed by atoms with van der Waals surface area (Å²) < 4.78 is 0.998. The first-order chi connectivity index (χ1) is 7.08. The number of rotatable bonds is 5. The van der Waals surface area contributed by atoms with Crippen molar-refractivity contribution < 1.29 is 15.0 Å². The van der Waals surface area contributed by atoms with Crippen molar-refractivity contribution in [1.29, 1.82) is 0 Å². The van der Waals surface area contributed by atoms with Crippen molar-refractivity contribution in [3.05, 3.63) is 28.7 Å². The van der Waals surface area contributed by atoms with E-state index in [1.54, 1.807) is 0 Å². The highest BCUT2D eigenvalue weighted by molar-refractivity contribution is 9.10. The molecule has 1 aromatic rings. The lowest BCUT2D eigenvalue weighted by Crippen LogP contribution is -2.15. The van der Waals surface area contributed by atoms with Gasteiger partial charge < -0.3 is 10.2 Å². The molecule has 0 spiro atoms. The van der Waals surface area contributed by atoms with E-state index in [-0.39, 0.29) is 6.42 Å². The molecule has 0 heterocycles. The Hall–Kier alpha value is -0.520. The van der Waals surface area contributed by atoms with E-state index in [0.29, 0.717) is 5.75 Å². The molecule has 0 bridgehead atoms. The van der Waals surface area contributed by atoms with Crippen molar-refractivity contribution in [1.82, 2.24) is 0 Å². The van der Waals surface area contributed by atoms with Crippen LogP contribution < -0.4 is 0 Å². The molecule has 5 heteroatoms. The highest BCUT2D eigenvalue weighted by Gasteiger charge is 2.09. The first kappa shape index (κ1) is 12.5. The number of hydrogen-bond acceptors (Lipinski definition) is 3. The highest BCUT2D eigenvalue weighted by Crippen LogP contribution is 2.21. The fourth-order valence-corrected chi connectivity index (χ4v) is 2.08. The first-order valence-electron chi connectivity index (χ1n) is 4.36. The Morgan fingerprint density at radius 2 is 2.00 bits per heavy atom. The summed E-state index contributed by atoms with van der Waals surface area (Å²) in [5, 5.41) is 17.8. The van der Waals surface area contributed by atoms with Crippen LogP contribution in [0.15, 0.2) is 33.6 Å². The Morgan fingerprint density at radius 1 is 1.40 bits per heavy atom. The average molecular weight is 291 g/mol. The van der Waals surface area contributed by atoms with Crippen molar-refractivity contribution in [2.75, 3.05) is 5.75 Å². The lowest BCUT2D eigenvalue weighted by atomic mass is 10.3. The van der Waals surface area contributed by atoms with Crippen molar-refractivity contribution in [2.45, 2.75) is 17.4 Å². The van der Waals surface area contributed by atoms with E-state index in [4.69, 9.17) is 5.11 Å². The van der Waals surface area contributed by atoms with Gasteiger partial charge in [0.15, 0.2) is 0 Å². The number of aliphatic hydroxyl groups excluding tert-OH is 1. The van der Waals surface area contributed by atoms with Gasteiger partial charge in [0.25, 0.3) is 0 Å². The summed E-state index contributed by atoms with van der Waals surface area (Å²) in [6, 6.07) is 7.66. The number of carboxylic acid groups (broad SMARTS) is 1. The largest absolute Gasteiger partial charge is 0.481 e. The standard InChI is InChI=1S/C10H11BrO3S/c11-7-1-3-9(4-2-7)15-6-8(12)5-10(13)14/h1-4,8,12H,5-6H2,(H,13,14). The lowest BCUT2D eigenvalue weighted by Gasteiger charge is -2.07. The molecular weight excluding hydrogens is 280 g/mol. The Balaban J connectivity index is 2.36. The molecule has 0 radical (unpaired) electrons. The van der Waals surface area contributed by atoms with Crippen LogP contribution in [-0.2, 0) is 4.79 Å². The van der Waals surface area contributed by atoms with E-state index in [9.17, 15) is 9.90 Å². The number of carbonyl (C=O) groups is 1. The van der Waals surface area contributed by atoms with Crippen LogP contribution in [0.5, 0.6) is 0 Å². The number of aliphatic carboxylic acids is 1. The number of carboxylic acids is 1. The van der Waals surface area contributed by atoms with Crippen LogP contribution in [0.3, 0.4) is 0 Å². The summed E-state index contributed by atoms with van der Waals surface area (Å²) in [6.45, 7) is 0. The van der Waals surface area contributed by atoms with Gasteiger partial charge in [0.2, 0.25) is 0 Å². The first-order valence-corrected chi connectivity index (χ1v) is 6.14. The number of aliphatic hydroxyl groups is 1. The van der Waals surface area contributed by atoms with Crippen LogP contribution >= 0.6 is 27.7 Å². The second-order valence-electron chi connectivity index (χ2n) is 3.02. The summed E-state index contributed by atoms with van der Waals surface area (Å²) in [5.41, 5.74) is 0. The van der Waals surface area contributed by atoms with Crippen LogP contribution in [0.1, 0.15) is 6.42 Å². The Bertz CT molecular complexity index is 326. The quantitative estimate of drug-likeness (QED) is 0.818. The van der Waals surface area contributed by atoms with Crippen LogP contribution in [0.4, 0.5) is 0 Å². The normalized spacial score (nSPS) is 12.4. The van der Waals surface area contributed by atoms with E-state index < -0.39 is 12.1 Å². The van der Waals surface area contributed by atoms with Gasteiger partial charge in [-0.3, -0.25) is 4.79 Å². The SMILES string of the molecule is O=C(O)CC(O)CSc1ccc(Br)cc1. The van der Waals surface area contributed by atoms with Gasteiger partial charge in [0.05, 0.1) is 12.5 Å². The van der Waals surface area contributed by atoms with Crippen LogP contribution in [0, 0.1) is 0 Å². The third kappa shape index (κ3) is 5.20. The maximum Gasteiger partial charge on any atom is 0.306 e. The third-order valence-electron chi connectivity index (χ3n) is 1.67. The van der Waals surface area contributed by atoms with Gasteiger partial charge in [-0.1, -0.05) is 15.9 Å². The number of benzene rings is 1. The zero-order valence-electron chi connectivity index (χ0n) is 7.89. The number of thioether (sulfide) groups is 1. The molecule has 0 aliphatic heterocycles. The average Bonchev–Trinajstić information content (AvgIpc) is 2.16. The van der Waals surface area contributed by atoms with Gasteiger partial charge in [0.1, 0.15) is 0 Å². The fraction of sp³-hybridized carbons (Fsp3) is 0.300.